The first-order valence-corrected chi connectivity index (χ1v) is 11.7. The van der Waals surface area contributed by atoms with Crippen LogP contribution in [-0.4, -0.2) is 52.8 Å². The summed E-state index contributed by atoms with van der Waals surface area (Å²) in [6, 6.07) is 2.09. The van der Waals surface area contributed by atoms with Crippen molar-refractivity contribution in [1.82, 2.24) is 16.0 Å². The number of hydrogen-bond donors (Lipinski definition) is 3. The van der Waals surface area contributed by atoms with Crippen molar-refractivity contribution in [2.24, 2.45) is 4.99 Å². The monoisotopic (exact) mass is 410 g/mol. The first kappa shape index (κ1) is 22.5. The number of carbonyl (C=O) groups excluding carboxylic acids is 1. The molecular formula is C20H34N4O3S. The molecule has 0 aromatic carbocycles. The summed E-state index contributed by atoms with van der Waals surface area (Å²) in [4.78, 5) is 16.6. The van der Waals surface area contributed by atoms with E-state index in [9.17, 15) is 9.00 Å². The molecule has 0 saturated heterocycles. The van der Waals surface area contributed by atoms with E-state index in [4.69, 9.17) is 4.42 Å². The second-order valence-electron chi connectivity index (χ2n) is 7.10. The van der Waals surface area contributed by atoms with Gasteiger partial charge in [-0.1, -0.05) is 13.3 Å². The van der Waals surface area contributed by atoms with E-state index in [1.54, 1.807) is 6.07 Å². The Morgan fingerprint density at radius 1 is 1.32 bits per heavy atom. The molecule has 3 unspecified atom stereocenters. The maximum atomic E-state index is 12.1. The normalized spacial score (nSPS) is 21.2. The van der Waals surface area contributed by atoms with Gasteiger partial charge in [0.2, 0.25) is 0 Å². The van der Waals surface area contributed by atoms with Gasteiger partial charge in [0.25, 0.3) is 5.91 Å². The van der Waals surface area contributed by atoms with Crippen molar-refractivity contribution >= 4 is 22.7 Å². The number of aryl methyl sites for hydroxylation is 1. The Balaban J connectivity index is 1.76. The van der Waals surface area contributed by atoms with Crippen molar-refractivity contribution in [1.29, 1.82) is 0 Å². The Labute approximate surface area is 170 Å². The summed E-state index contributed by atoms with van der Waals surface area (Å²) in [6.45, 7) is 7.83. The molecule has 1 fully saturated rings. The lowest BCUT2D eigenvalue weighted by Gasteiger charge is -2.30. The molecule has 1 amide bonds. The summed E-state index contributed by atoms with van der Waals surface area (Å²) in [5.74, 6) is 1.71. The van der Waals surface area contributed by atoms with Crippen LogP contribution < -0.4 is 16.0 Å². The maximum Gasteiger partial charge on any atom is 0.287 e. The molecule has 158 valence electrons. The molecule has 8 heteroatoms. The number of furan rings is 1. The molecule has 1 aliphatic rings. The molecule has 0 radical (unpaired) electrons. The fourth-order valence-electron chi connectivity index (χ4n) is 3.42. The van der Waals surface area contributed by atoms with Crippen LogP contribution in [0.1, 0.15) is 62.1 Å². The third-order valence-corrected chi connectivity index (χ3v) is 6.67. The SMILES string of the molecule is CCNC(=NCCCNC(=O)c1occc1C)NC1CCCC(S(=O)CC)C1. The van der Waals surface area contributed by atoms with E-state index in [1.807, 2.05) is 20.8 Å². The van der Waals surface area contributed by atoms with Gasteiger partial charge in [-0.15, -0.1) is 0 Å². The third-order valence-electron chi connectivity index (χ3n) is 4.93. The molecule has 3 N–H and O–H groups in total. The smallest absolute Gasteiger partial charge is 0.287 e. The van der Waals surface area contributed by atoms with Gasteiger partial charge in [0, 0.05) is 53.0 Å². The number of carbonyl (C=O) groups is 1. The number of aliphatic imine (C=N–C) groups is 1. The van der Waals surface area contributed by atoms with Gasteiger partial charge < -0.3 is 20.4 Å². The average Bonchev–Trinajstić information content (AvgIpc) is 3.13. The standard InChI is InChI=1S/C20H34N4O3S/c1-4-21-20(24-16-8-6-9-17(14-16)28(26)5-2)23-12-7-11-22-19(25)18-15(3)10-13-27-18/h10,13,16-17H,4-9,11-12,14H2,1-3H3,(H,22,25)(H2,21,23,24). The number of guanidine groups is 1. The average molecular weight is 411 g/mol. The van der Waals surface area contributed by atoms with Gasteiger partial charge in [-0.05, 0) is 45.6 Å². The first-order chi connectivity index (χ1) is 13.5. The molecule has 0 spiro atoms. The predicted octanol–water partition coefficient (Wildman–Crippen LogP) is 2.34. The summed E-state index contributed by atoms with van der Waals surface area (Å²) in [5, 5.41) is 9.93. The highest BCUT2D eigenvalue weighted by molar-refractivity contribution is 7.85. The van der Waals surface area contributed by atoms with Gasteiger partial charge in [0.15, 0.2) is 11.7 Å². The van der Waals surface area contributed by atoms with Crippen molar-refractivity contribution in [3.8, 4) is 0 Å². The van der Waals surface area contributed by atoms with Crippen LogP contribution in [0.4, 0.5) is 0 Å². The quantitative estimate of drug-likeness (QED) is 0.330. The van der Waals surface area contributed by atoms with Gasteiger partial charge in [0.1, 0.15) is 0 Å². The summed E-state index contributed by atoms with van der Waals surface area (Å²) in [6.07, 6.45) is 6.45. The third kappa shape index (κ3) is 6.96. The summed E-state index contributed by atoms with van der Waals surface area (Å²) in [5.41, 5.74) is 0.837. The van der Waals surface area contributed by atoms with Crippen molar-refractivity contribution in [3.63, 3.8) is 0 Å². The molecular weight excluding hydrogens is 376 g/mol. The fraction of sp³-hybridized carbons (Fsp3) is 0.700. The zero-order valence-corrected chi connectivity index (χ0v) is 18.1. The summed E-state index contributed by atoms with van der Waals surface area (Å²) in [7, 11) is -0.728. The van der Waals surface area contributed by atoms with Crippen LogP contribution in [-0.2, 0) is 10.8 Å². The number of nitrogens with one attached hydrogen (secondary N) is 3. The van der Waals surface area contributed by atoms with Gasteiger partial charge >= 0.3 is 0 Å². The molecule has 1 aromatic heterocycles. The molecule has 0 bridgehead atoms. The van der Waals surface area contributed by atoms with Gasteiger partial charge in [-0.2, -0.15) is 0 Å². The van der Waals surface area contributed by atoms with Crippen molar-refractivity contribution < 1.29 is 13.4 Å². The Bertz CT molecular complexity index is 674. The molecule has 1 aliphatic carbocycles. The highest BCUT2D eigenvalue weighted by atomic mass is 32.2. The van der Waals surface area contributed by atoms with E-state index in [-0.39, 0.29) is 5.91 Å². The first-order valence-electron chi connectivity index (χ1n) is 10.3. The molecule has 2 rings (SSSR count). The lowest BCUT2D eigenvalue weighted by molar-refractivity contribution is 0.0925. The number of nitrogens with zero attached hydrogens (tertiary/aromatic N) is 1. The lowest BCUT2D eigenvalue weighted by Crippen LogP contribution is -2.46. The molecule has 1 saturated carbocycles. The van der Waals surface area contributed by atoms with Crippen LogP contribution >= 0.6 is 0 Å². The molecule has 0 aliphatic heterocycles. The number of hydrogen-bond acceptors (Lipinski definition) is 4. The number of amides is 1. The minimum atomic E-state index is -0.728. The van der Waals surface area contributed by atoms with Crippen LogP contribution in [0.3, 0.4) is 0 Å². The molecule has 28 heavy (non-hydrogen) atoms. The minimum absolute atomic E-state index is 0.186. The largest absolute Gasteiger partial charge is 0.459 e. The summed E-state index contributed by atoms with van der Waals surface area (Å²) >= 11 is 0. The lowest BCUT2D eigenvalue weighted by atomic mass is 9.95. The zero-order valence-electron chi connectivity index (χ0n) is 17.3. The Morgan fingerprint density at radius 2 is 2.14 bits per heavy atom. The van der Waals surface area contributed by atoms with Gasteiger partial charge in [0.05, 0.1) is 6.26 Å². The zero-order chi connectivity index (χ0) is 20.4. The van der Waals surface area contributed by atoms with E-state index in [0.717, 1.165) is 55.9 Å². The predicted molar refractivity (Wildman–Crippen MR) is 114 cm³/mol. The fourth-order valence-corrected chi connectivity index (χ4v) is 4.77. The molecule has 3 atom stereocenters. The van der Waals surface area contributed by atoms with Crippen LogP contribution in [0.5, 0.6) is 0 Å². The van der Waals surface area contributed by atoms with E-state index < -0.39 is 10.8 Å². The van der Waals surface area contributed by atoms with Crippen LogP contribution in [0.15, 0.2) is 21.7 Å². The topological polar surface area (TPSA) is 95.7 Å². The highest BCUT2D eigenvalue weighted by Gasteiger charge is 2.26. The second kappa shape index (κ2) is 11.9. The van der Waals surface area contributed by atoms with Crippen molar-refractivity contribution in [2.45, 2.75) is 64.2 Å². The second-order valence-corrected chi connectivity index (χ2v) is 9.11. The van der Waals surface area contributed by atoms with Crippen LogP contribution in [0.25, 0.3) is 0 Å². The van der Waals surface area contributed by atoms with Crippen LogP contribution in [0, 0.1) is 6.92 Å². The van der Waals surface area contributed by atoms with Crippen molar-refractivity contribution in [2.75, 3.05) is 25.4 Å². The molecule has 7 nitrogen and oxygen atoms in total. The maximum absolute atomic E-state index is 12.1. The van der Waals surface area contributed by atoms with Crippen molar-refractivity contribution in [3.05, 3.63) is 23.7 Å². The Kier molecular flexibility index (Phi) is 9.54. The van der Waals surface area contributed by atoms with E-state index in [1.165, 1.54) is 6.26 Å². The van der Waals surface area contributed by atoms with Crippen LogP contribution in [0.2, 0.25) is 0 Å². The highest BCUT2D eigenvalue weighted by Crippen LogP contribution is 2.22. The van der Waals surface area contributed by atoms with Gasteiger partial charge in [-0.3, -0.25) is 14.0 Å². The van der Waals surface area contributed by atoms with E-state index in [2.05, 4.69) is 20.9 Å². The number of rotatable bonds is 9. The Morgan fingerprint density at radius 3 is 2.82 bits per heavy atom. The molecule has 1 heterocycles. The van der Waals surface area contributed by atoms with E-state index >= 15 is 0 Å². The minimum Gasteiger partial charge on any atom is -0.459 e. The Hall–Kier alpha value is -1.83. The van der Waals surface area contributed by atoms with E-state index in [0.29, 0.717) is 30.1 Å². The summed E-state index contributed by atoms with van der Waals surface area (Å²) < 4.78 is 17.3. The molecule has 1 aromatic rings. The van der Waals surface area contributed by atoms with Gasteiger partial charge in [-0.25, -0.2) is 0 Å².